The van der Waals surface area contributed by atoms with Crippen LogP contribution in [0.15, 0.2) is 59.1 Å². The predicted octanol–water partition coefficient (Wildman–Crippen LogP) is 5.45. The van der Waals surface area contributed by atoms with Crippen LogP contribution in [0.2, 0.25) is 5.02 Å². The SMILES string of the molecule is CCN(CC)Cc1ccccc1NCc1ncc(-c2cccc(Cl)c2)o1. The third kappa shape index (κ3) is 4.65. The molecule has 1 heterocycles. The van der Waals surface area contributed by atoms with Gasteiger partial charge in [-0.1, -0.05) is 55.8 Å². The second-order valence-electron chi connectivity index (χ2n) is 6.10. The van der Waals surface area contributed by atoms with E-state index in [9.17, 15) is 0 Å². The Hall–Kier alpha value is -2.30. The summed E-state index contributed by atoms with van der Waals surface area (Å²) < 4.78 is 5.87. The van der Waals surface area contributed by atoms with Crippen molar-refractivity contribution in [2.75, 3.05) is 18.4 Å². The molecule has 4 nitrogen and oxygen atoms in total. The molecule has 26 heavy (non-hydrogen) atoms. The molecular formula is C21H24ClN3O. The van der Waals surface area contributed by atoms with Gasteiger partial charge in [-0.25, -0.2) is 4.98 Å². The molecule has 0 saturated carbocycles. The fourth-order valence-corrected chi connectivity index (χ4v) is 3.05. The fourth-order valence-electron chi connectivity index (χ4n) is 2.86. The Kier molecular flexibility index (Phi) is 6.31. The number of anilines is 1. The monoisotopic (exact) mass is 369 g/mol. The lowest BCUT2D eigenvalue weighted by Crippen LogP contribution is -2.22. The summed E-state index contributed by atoms with van der Waals surface area (Å²) in [6.45, 7) is 7.90. The molecule has 0 saturated heterocycles. The summed E-state index contributed by atoms with van der Waals surface area (Å²) in [5, 5.41) is 4.13. The minimum Gasteiger partial charge on any atom is -0.439 e. The highest BCUT2D eigenvalue weighted by Gasteiger charge is 2.09. The lowest BCUT2D eigenvalue weighted by Gasteiger charge is -2.20. The minimum absolute atomic E-state index is 0.538. The van der Waals surface area contributed by atoms with Crippen molar-refractivity contribution >= 4 is 17.3 Å². The molecule has 1 aromatic heterocycles. The van der Waals surface area contributed by atoms with Gasteiger partial charge in [0.25, 0.3) is 0 Å². The summed E-state index contributed by atoms with van der Waals surface area (Å²) in [4.78, 5) is 6.77. The molecule has 1 N–H and O–H groups in total. The molecule has 0 amide bonds. The Balaban J connectivity index is 1.68. The zero-order valence-electron chi connectivity index (χ0n) is 15.2. The maximum absolute atomic E-state index is 6.05. The van der Waals surface area contributed by atoms with Crippen LogP contribution in [0.5, 0.6) is 0 Å². The summed E-state index contributed by atoms with van der Waals surface area (Å²) in [5.74, 6) is 1.37. The highest BCUT2D eigenvalue weighted by atomic mass is 35.5. The van der Waals surface area contributed by atoms with Crippen molar-refractivity contribution in [3.63, 3.8) is 0 Å². The molecular weight excluding hydrogens is 346 g/mol. The molecule has 3 aromatic rings. The van der Waals surface area contributed by atoms with Gasteiger partial charge in [-0.05, 0) is 36.9 Å². The smallest absolute Gasteiger partial charge is 0.214 e. The van der Waals surface area contributed by atoms with Gasteiger partial charge in [-0.2, -0.15) is 0 Å². The quantitative estimate of drug-likeness (QED) is 0.573. The third-order valence-corrected chi connectivity index (χ3v) is 4.63. The molecule has 3 rings (SSSR count). The number of benzene rings is 2. The maximum Gasteiger partial charge on any atom is 0.214 e. The van der Waals surface area contributed by atoms with E-state index in [1.807, 2.05) is 30.3 Å². The second-order valence-corrected chi connectivity index (χ2v) is 6.54. The minimum atomic E-state index is 0.538. The van der Waals surface area contributed by atoms with Gasteiger partial charge in [-0.3, -0.25) is 4.90 Å². The standard InChI is InChI=1S/C21H24ClN3O/c1-3-25(4-2)15-17-8-5-6-11-19(17)23-14-21-24-13-20(26-21)16-9-7-10-18(22)12-16/h5-13,23H,3-4,14-15H2,1-2H3. The predicted molar refractivity (Wildman–Crippen MR) is 107 cm³/mol. The van der Waals surface area contributed by atoms with Crippen molar-refractivity contribution in [2.45, 2.75) is 26.9 Å². The molecule has 0 radical (unpaired) electrons. The number of nitrogens with one attached hydrogen (secondary N) is 1. The number of halogens is 1. The highest BCUT2D eigenvalue weighted by molar-refractivity contribution is 6.30. The second kappa shape index (κ2) is 8.88. The molecule has 2 aromatic carbocycles. The zero-order valence-corrected chi connectivity index (χ0v) is 16.0. The van der Waals surface area contributed by atoms with E-state index in [0.717, 1.165) is 36.6 Å². The maximum atomic E-state index is 6.05. The van der Waals surface area contributed by atoms with Gasteiger partial charge < -0.3 is 9.73 Å². The lowest BCUT2D eigenvalue weighted by molar-refractivity contribution is 0.296. The number of oxazole rings is 1. The van der Waals surface area contributed by atoms with E-state index >= 15 is 0 Å². The number of hydrogen-bond acceptors (Lipinski definition) is 4. The highest BCUT2D eigenvalue weighted by Crippen LogP contribution is 2.24. The van der Waals surface area contributed by atoms with Crippen LogP contribution in [-0.4, -0.2) is 23.0 Å². The molecule has 0 spiro atoms. The third-order valence-electron chi connectivity index (χ3n) is 4.40. The summed E-state index contributed by atoms with van der Waals surface area (Å²) in [7, 11) is 0. The Bertz CT molecular complexity index is 843. The van der Waals surface area contributed by atoms with Gasteiger partial charge in [0, 0.05) is 22.8 Å². The molecule has 0 fully saturated rings. The molecule has 5 heteroatoms. The van der Waals surface area contributed by atoms with Crippen LogP contribution >= 0.6 is 11.6 Å². The van der Waals surface area contributed by atoms with E-state index in [2.05, 4.69) is 47.2 Å². The van der Waals surface area contributed by atoms with Gasteiger partial charge in [0.1, 0.15) is 0 Å². The van der Waals surface area contributed by atoms with Gasteiger partial charge in [0.05, 0.1) is 12.7 Å². The number of rotatable bonds is 8. The fraction of sp³-hybridized carbons (Fsp3) is 0.286. The van der Waals surface area contributed by atoms with Crippen molar-refractivity contribution in [1.82, 2.24) is 9.88 Å². The molecule has 136 valence electrons. The first-order valence-electron chi connectivity index (χ1n) is 8.94. The van der Waals surface area contributed by atoms with E-state index in [4.69, 9.17) is 16.0 Å². The van der Waals surface area contributed by atoms with Crippen molar-refractivity contribution in [3.8, 4) is 11.3 Å². The Morgan fingerprint density at radius 3 is 2.65 bits per heavy atom. The average Bonchev–Trinajstić information content (AvgIpc) is 3.14. The Morgan fingerprint density at radius 1 is 1.08 bits per heavy atom. The summed E-state index contributed by atoms with van der Waals surface area (Å²) >= 11 is 6.05. The van der Waals surface area contributed by atoms with Crippen LogP contribution in [0.25, 0.3) is 11.3 Å². The molecule has 0 aliphatic heterocycles. The first-order valence-corrected chi connectivity index (χ1v) is 9.32. The molecule has 0 atom stereocenters. The van der Waals surface area contributed by atoms with Crippen LogP contribution in [-0.2, 0) is 13.1 Å². The van der Waals surface area contributed by atoms with Crippen molar-refractivity contribution < 1.29 is 4.42 Å². The first kappa shape index (κ1) is 18.5. The normalized spacial score (nSPS) is 11.1. The number of hydrogen-bond donors (Lipinski definition) is 1. The van der Waals surface area contributed by atoms with Crippen molar-refractivity contribution in [2.24, 2.45) is 0 Å². The van der Waals surface area contributed by atoms with Crippen molar-refractivity contribution in [3.05, 3.63) is 71.2 Å². The molecule has 0 aliphatic rings. The van der Waals surface area contributed by atoms with E-state index in [1.165, 1.54) is 5.56 Å². The van der Waals surface area contributed by atoms with Gasteiger partial charge in [-0.15, -0.1) is 0 Å². The van der Waals surface area contributed by atoms with Gasteiger partial charge >= 0.3 is 0 Å². The topological polar surface area (TPSA) is 41.3 Å². The lowest BCUT2D eigenvalue weighted by atomic mass is 10.1. The van der Waals surface area contributed by atoms with Crippen molar-refractivity contribution in [1.29, 1.82) is 0 Å². The Morgan fingerprint density at radius 2 is 1.88 bits per heavy atom. The van der Waals surface area contributed by atoms with Crippen LogP contribution in [0.4, 0.5) is 5.69 Å². The van der Waals surface area contributed by atoms with E-state index < -0.39 is 0 Å². The molecule has 0 aliphatic carbocycles. The number of nitrogens with zero attached hydrogens (tertiary/aromatic N) is 2. The molecule has 0 bridgehead atoms. The summed E-state index contributed by atoms with van der Waals surface area (Å²) in [5.41, 5.74) is 3.32. The van der Waals surface area contributed by atoms with Gasteiger partial charge in [0.2, 0.25) is 5.89 Å². The van der Waals surface area contributed by atoms with Crippen LogP contribution in [0, 0.1) is 0 Å². The van der Waals surface area contributed by atoms with Gasteiger partial charge in [0.15, 0.2) is 5.76 Å². The van der Waals surface area contributed by atoms with E-state index in [0.29, 0.717) is 17.5 Å². The first-order chi connectivity index (χ1) is 12.7. The number of para-hydroxylation sites is 1. The van der Waals surface area contributed by atoms with Crippen LogP contribution < -0.4 is 5.32 Å². The number of aromatic nitrogens is 1. The van der Waals surface area contributed by atoms with E-state index in [1.54, 1.807) is 6.20 Å². The summed E-state index contributed by atoms with van der Waals surface area (Å²) in [6.07, 6.45) is 1.74. The average molecular weight is 370 g/mol. The largest absolute Gasteiger partial charge is 0.439 e. The van der Waals surface area contributed by atoms with Crippen LogP contribution in [0.3, 0.4) is 0 Å². The van der Waals surface area contributed by atoms with E-state index in [-0.39, 0.29) is 0 Å². The van der Waals surface area contributed by atoms with Crippen LogP contribution in [0.1, 0.15) is 25.3 Å². The zero-order chi connectivity index (χ0) is 18.4. The Labute approximate surface area is 159 Å². The molecule has 0 unspecified atom stereocenters. The summed E-state index contributed by atoms with van der Waals surface area (Å²) in [6, 6.07) is 16.0.